The fourth-order valence-corrected chi connectivity index (χ4v) is 6.05. The number of thiophene rings is 1. The summed E-state index contributed by atoms with van der Waals surface area (Å²) in [6, 6.07) is 14.2. The summed E-state index contributed by atoms with van der Waals surface area (Å²) in [5.74, 6) is -1.03. The first-order chi connectivity index (χ1) is 12.5. The Labute approximate surface area is 154 Å². The summed E-state index contributed by atoms with van der Waals surface area (Å²) in [5.41, 5.74) is 0.968. The van der Waals surface area contributed by atoms with E-state index < -0.39 is 9.84 Å². The molecule has 0 saturated heterocycles. The van der Waals surface area contributed by atoms with Crippen LogP contribution in [0.4, 0.5) is 10.1 Å². The second-order valence-corrected chi connectivity index (χ2v) is 8.84. The van der Waals surface area contributed by atoms with Crippen molar-refractivity contribution in [1.29, 1.82) is 0 Å². The molecule has 3 aromatic rings. The van der Waals surface area contributed by atoms with E-state index in [1.54, 1.807) is 35.7 Å². The minimum absolute atomic E-state index is 0.0816. The molecule has 1 atom stereocenters. The summed E-state index contributed by atoms with van der Waals surface area (Å²) in [6.07, 6.45) is 0.155. The van der Waals surface area contributed by atoms with Crippen LogP contribution in [0.3, 0.4) is 0 Å². The van der Waals surface area contributed by atoms with Crippen molar-refractivity contribution >= 4 is 32.8 Å². The molecule has 1 unspecified atom stereocenters. The Balaban J connectivity index is 1.85. The lowest BCUT2D eigenvalue weighted by molar-refractivity contribution is -0.116. The molecule has 0 saturated carbocycles. The van der Waals surface area contributed by atoms with Crippen molar-refractivity contribution in [3.05, 3.63) is 76.2 Å². The van der Waals surface area contributed by atoms with Gasteiger partial charge in [0.05, 0.1) is 10.6 Å². The standard InChI is InChI=1S/C19H14FNO3S2/c20-13-6-4-5-12(9-13)15-10-17(22)21-18-16(11-25-19(15)18)26(23,24)14-7-2-1-3-8-14/h1-9,11,15H,10H2,(H,21,22). The molecule has 4 rings (SSSR count). The number of nitrogens with one attached hydrogen (secondary N) is 1. The smallest absolute Gasteiger partial charge is 0.225 e. The second kappa shape index (κ2) is 6.34. The maximum atomic E-state index is 13.6. The van der Waals surface area contributed by atoms with Crippen LogP contribution in [-0.4, -0.2) is 14.3 Å². The SMILES string of the molecule is O=C1CC(c2cccc(F)c2)c2scc(S(=O)(=O)c3ccccc3)c2N1. The lowest BCUT2D eigenvalue weighted by atomic mass is 9.91. The number of hydrogen-bond donors (Lipinski definition) is 1. The summed E-state index contributed by atoms with van der Waals surface area (Å²) in [7, 11) is -3.75. The van der Waals surface area contributed by atoms with Gasteiger partial charge in [-0.25, -0.2) is 12.8 Å². The molecule has 2 aromatic carbocycles. The van der Waals surface area contributed by atoms with Gasteiger partial charge in [0.2, 0.25) is 15.7 Å². The Bertz CT molecular complexity index is 1090. The van der Waals surface area contributed by atoms with Crippen LogP contribution in [0, 0.1) is 5.82 Å². The number of hydrogen-bond acceptors (Lipinski definition) is 4. The Kier molecular flexibility index (Phi) is 4.13. The zero-order chi connectivity index (χ0) is 18.3. The second-order valence-electron chi connectivity index (χ2n) is 6.02. The average molecular weight is 387 g/mol. The molecule has 7 heteroatoms. The number of carbonyl (C=O) groups excluding carboxylic acids is 1. The van der Waals surface area contributed by atoms with E-state index in [-0.39, 0.29) is 33.9 Å². The Morgan fingerprint density at radius 2 is 1.85 bits per heavy atom. The highest BCUT2D eigenvalue weighted by Crippen LogP contribution is 2.45. The molecule has 1 N–H and O–H groups in total. The number of anilines is 1. The molecule has 0 aliphatic carbocycles. The highest BCUT2D eigenvalue weighted by Gasteiger charge is 2.34. The number of amides is 1. The van der Waals surface area contributed by atoms with Crippen molar-refractivity contribution in [2.45, 2.75) is 22.1 Å². The van der Waals surface area contributed by atoms with Gasteiger partial charge in [0, 0.05) is 22.6 Å². The summed E-state index contributed by atoms with van der Waals surface area (Å²) < 4.78 is 39.6. The average Bonchev–Trinajstić information content (AvgIpc) is 3.06. The van der Waals surface area contributed by atoms with E-state index >= 15 is 0 Å². The predicted molar refractivity (Wildman–Crippen MR) is 97.7 cm³/mol. The van der Waals surface area contributed by atoms with Crippen molar-refractivity contribution in [1.82, 2.24) is 0 Å². The molecular weight excluding hydrogens is 373 g/mol. The normalized spacial score (nSPS) is 16.8. The van der Waals surface area contributed by atoms with Crippen molar-refractivity contribution < 1.29 is 17.6 Å². The zero-order valence-electron chi connectivity index (χ0n) is 13.5. The summed E-state index contributed by atoms with van der Waals surface area (Å²) >= 11 is 1.27. The van der Waals surface area contributed by atoms with E-state index in [0.717, 1.165) is 4.88 Å². The van der Waals surface area contributed by atoms with Gasteiger partial charge < -0.3 is 5.32 Å². The number of carbonyl (C=O) groups is 1. The van der Waals surface area contributed by atoms with Crippen LogP contribution in [0.2, 0.25) is 0 Å². The summed E-state index contributed by atoms with van der Waals surface area (Å²) in [6.45, 7) is 0. The molecular formula is C19H14FNO3S2. The van der Waals surface area contributed by atoms with Crippen molar-refractivity contribution in [2.75, 3.05) is 5.32 Å². The van der Waals surface area contributed by atoms with Crippen LogP contribution in [0.15, 0.2) is 69.8 Å². The van der Waals surface area contributed by atoms with Gasteiger partial charge >= 0.3 is 0 Å². The summed E-state index contributed by atoms with van der Waals surface area (Å²) in [4.78, 5) is 13.2. The predicted octanol–water partition coefficient (Wildman–Crippen LogP) is 4.19. The molecule has 0 radical (unpaired) electrons. The third kappa shape index (κ3) is 2.83. The van der Waals surface area contributed by atoms with E-state index in [1.165, 1.54) is 35.6 Å². The van der Waals surface area contributed by atoms with Crippen LogP contribution in [0.1, 0.15) is 22.8 Å². The third-order valence-electron chi connectivity index (χ3n) is 4.35. The molecule has 4 nitrogen and oxygen atoms in total. The topological polar surface area (TPSA) is 63.2 Å². The molecule has 1 amide bonds. The molecule has 1 aliphatic rings. The first-order valence-corrected chi connectivity index (χ1v) is 10.3. The van der Waals surface area contributed by atoms with E-state index in [9.17, 15) is 17.6 Å². The van der Waals surface area contributed by atoms with E-state index in [2.05, 4.69) is 5.32 Å². The minimum Gasteiger partial charge on any atom is -0.324 e. The van der Waals surface area contributed by atoms with Crippen LogP contribution < -0.4 is 5.32 Å². The van der Waals surface area contributed by atoms with E-state index in [0.29, 0.717) is 11.3 Å². The molecule has 0 fully saturated rings. The van der Waals surface area contributed by atoms with Crippen molar-refractivity contribution in [3.63, 3.8) is 0 Å². The molecule has 1 aromatic heterocycles. The fraction of sp³-hybridized carbons (Fsp3) is 0.105. The molecule has 0 bridgehead atoms. The molecule has 26 heavy (non-hydrogen) atoms. The number of sulfone groups is 1. The Morgan fingerprint density at radius 1 is 1.08 bits per heavy atom. The lowest BCUT2D eigenvalue weighted by Gasteiger charge is -2.23. The van der Waals surface area contributed by atoms with Gasteiger partial charge in [0.15, 0.2) is 0 Å². The van der Waals surface area contributed by atoms with Gasteiger partial charge in [-0.05, 0) is 29.8 Å². The molecule has 1 aliphatic heterocycles. The van der Waals surface area contributed by atoms with Crippen LogP contribution in [0.25, 0.3) is 0 Å². The quantitative estimate of drug-likeness (QED) is 0.733. The van der Waals surface area contributed by atoms with Crippen LogP contribution in [-0.2, 0) is 14.6 Å². The fourth-order valence-electron chi connectivity index (χ4n) is 3.12. The Hall–Kier alpha value is -2.51. The van der Waals surface area contributed by atoms with Gasteiger partial charge in [0.25, 0.3) is 0 Å². The van der Waals surface area contributed by atoms with Crippen molar-refractivity contribution in [3.8, 4) is 0 Å². The van der Waals surface area contributed by atoms with Gasteiger partial charge in [0.1, 0.15) is 10.7 Å². The van der Waals surface area contributed by atoms with Crippen molar-refractivity contribution in [2.24, 2.45) is 0 Å². The zero-order valence-corrected chi connectivity index (χ0v) is 15.1. The highest BCUT2D eigenvalue weighted by molar-refractivity contribution is 7.91. The monoisotopic (exact) mass is 387 g/mol. The molecule has 0 spiro atoms. The molecule has 2 heterocycles. The lowest BCUT2D eigenvalue weighted by Crippen LogP contribution is -2.23. The molecule has 132 valence electrons. The first kappa shape index (κ1) is 16.9. The highest BCUT2D eigenvalue weighted by atomic mass is 32.2. The summed E-state index contributed by atoms with van der Waals surface area (Å²) in [5, 5.41) is 4.24. The van der Waals surface area contributed by atoms with E-state index in [4.69, 9.17) is 0 Å². The number of benzene rings is 2. The third-order valence-corrected chi connectivity index (χ3v) is 7.39. The largest absolute Gasteiger partial charge is 0.324 e. The maximum Gasteiger partial charge on any atom is 0.225 e. The van der Waals surface area contributed by atoms with Gasteiger partial charge in [-0.1, -0.05) is 30.3 Å². The number of rotatable bonds is 3. The van der Waals surface area contributed by atoms with E-state index in [1.807, 2.05) is 0 Å². The van der Waals surface area contributed by atoms with Gasteiger partial charge in [-0.3, -0.25) is 4.79 Å². The Morgan fingerprint density at radius 3 is 2.58 bits per heavy atom. The van der Waals surface area contributed by atoms with Gasteiger partial charge in [-0.15, -0.1) is 11.3 Å². The van der Waals surface area contributed by atoms with Crippen LogP contribution >= 0.6 is 11.3 Å². The van der Waals surface area contributed by atoms with Gasteiger partial charge in [-0.2, -0.15) is 0 Å². The maximum absolute atomic E-state index is 13.6. The first-order valence-electron chi connectivity index (χ1n) is 7.93. The number of halogens is 1. The number of fused-ring (bicyclic) bond motifs is 1. The van der Waals surface area contributed by atoms with Crippen LogP contribution in [0.5, 0.6) is 0 Å². The minimum atomic E-state index is -3.75.